The Morgan fingerprint density at radius 3 is 1.11 bits per heavy atom. The molecule has 11 heteroatoms. The summed E-state index contributed by atoms with van der Waals surface area (Å²) in [6.45, 7) is 2.05. The number of carbonyl (C=O) groups is 2. The van der Waals surface area contributed by atoms with E-state index in [4.69, 9.17) is 18.5 Å². The number of ether oxygens (including phenoxy) is 2. The Labute approximate surface area is 372 Å². The Balaban J connectivity index is 3.91. The van der Waals surface area contributed by atoms with Gasteiger partial charge in [-0.25, -0.2) is 4.57 Å². The van der Waals surface area contributed by atoms with Crippen LogP contribution in [0.4, 0.5) is 0 Å². The molecule has 0 spiro atoms. The van der Waals surface area contributed by atoms with Gasteiger partial charge < -0.3 is 24.6 Å². The van der Waals surface area contributed by atoms with Crippen molar-refractivity contribution in [2.45, 2.75) is 219 Å². The summed E-state index contributed by atoms with van der Waals surface area (Å²) in [6, 6.07) is 0. The second-order valence-corrected chi connectivity index (χ2v) is 17.5. The minimum absolute atomic E-state index is 0.112. The van der Waals surface area contributed by atoms with Gasteiger partial charge in [-0.15, -0.1) is 0 Å². The lowest BCUT2D eigenvalue weighted by atomic mass is 10.0. The molecule has 0 fully saturated rings. The molecule has 0 radical (unpaired) electrons. The Bertz CT molecular complexity index is 1200. The number of rotatable bonds is 45. The van der Waals surface area contributed by atoms with Crippen LogP contribution in [0.1, 0.15) is 206 Å². The number of unbranched alkanes of at least 4 members (excludes halogenated alkanes) is 21. The fraction of sp³-hybridized carbons (Fsp3) is 0.760. The van der Waals surface area contributed by atoms with E-state index < -0.39 is 58.4 Å². The summed E-state index contributed by atoms with van der Waals surface area (Å²) < 4.78 is 32.6. The van der Waals surface area contributed by atoms with Crippen molar-refractivity contribution < 1.29 is 47.8 Å². The molecule has 0 aromatic heterocycles. The first kappa shape index (κ1) is 58.7. The lowest BCUT2D eigenvalue weighted by molar-refractivity contribution is -0.153. The molecule has 3 unspecified atom stereocenters. The zero-order valence-electron chi connectivity index (χ0n) is 38.6. The zero-order chi connectivity index (χ0) is 44.8. The second-order valence-electron chi connectivity index (χ2n) is 16.1. The predicted octanol–water partition coefficient (Wildman–Crippen LogP) is 13.5. The van der Waals surface area contributed by atoms with E-state index in [2.05, 4.69) is 62.5 Å². The largest absolute Gasteiger partial charge is 0.472 e. The van der Waals surface area contributed by atoms with Gasteiger partial charge in [-0.05, 0) is 51.4 Å². The van der Waals surface area contributed by atoms with E-state index >= 15 is 0 Å². The number of aliphatic hydroxyl groups is 2. The van der Waals surface area contributed by atoms with E-state index in [1.807, 2.05) is 12.2 Å². The van der Waals surface area contributed by atoms with Crippen LogP contribution in [0.25, 0.3) is 0 Å². The first-order valence-corrected chi connectivity index (χ1v) is 25.7. The van der Waals surface area contributed by atoms with Crippen LogP contribution in [-0.2, 0) is 32.7 Å². The number of hydrogen-bond donors (Lipinski definition) is 3. The third-order valence-electron chi connectivity index (χ3n) is 10.2. The topological polar surface area (TPSA) is 149 Å². The van der Waals surface area contributed by atoms with Gasteiger partial charge in [0.1, 0.15) is 12.2 Å². The standard InChI is InChI=1S/C50H89O10P/c1-3-5-7-9-11-13-15-17-19-21-22-23-24-26-28-30-32-34-36-38-40-42-50(54)60-48(44-52)46-58-61(55,56)57-45-47(43-51)59-49(53)41-39-37-35-33-31-29-27-25-20-18-16-14-12-10-8-6-4-2/h6,8,12,14,18,20,27,29,33,35,47-48,51-52H,3-5,7,9-11,13,15-17,19,21-26,28,30-32,34,36-46H2,1-2H3,(H,55,56)/b8-6-,14-12-,20-18-,29-27-,35-33-. The van der Waals surface area contributed by atoms with Crippen LogP contribution < -0.4 is 0 Å². The Morgan fingerprint density at radius 2 is 0.770 bits per heavy atom. The molecule has 0 saturated carbocycles. The highest BCUT2D eigenvalue weighted by Gasteiger charge is 2.27. The Kier molecular flexibility index (Phi) is 43.9. The van der Waals surface area contributed by atoms with E-state index in [1.54, 1.807) is 0 Å². The molecular weight excluding hydrogens is 792 g/mol. The van der Waals surface area contributed by atoms with Crippen molar-refractivity contribution in [3.05, 3.63) is 60.8 Å². The Hall–Kier alpha value is -2.33. The molecule has 0 bridgehead atoms. The number of aliphatic hydroxyl groups excluding tert-OH is 2. The van der Waals surface area contributed by atoms with Crippen LogP contribution in [0, 0.1) is 0 Å². The quantitative estimate of drug-likeness (QED) is 0.0233. The van der Waals surface area contributed by atoms with E-state index in [0.717, 1.165) is 51.4 Å². The average Bonchev–Trinajstić information content (AvgIpc) is 3.25. The van der Waals surface area contributed by atoms with Crippen molar-refractivity contribution in [3.63, 3.8) is 0 Å². The minimum Gasteiger partial charge on any atom is -0.457 e. The maximum Gasteiger partial charge on any atom is 0.472 e. The summed E-state index contributed by atoms with van der Waals surface area (Å²) in [5.41, 5.74) is 0. The molecule has 354 valence electrons. The second kappa shape index (κ2) is 45.7. The molecule has 0 aromatic carbocycles. The first-order chi connectivity index (χ1) is 29.8. The highest BCUT2D eigenvalue weighted by molar-refractivity contribution is 7.47. The average molecular weight is 881 g/mol. The van der Waals surface area contributed by atoms with Gasteiger partial charge >= 0.3 is 19.8 Å². The van der Waals surface area contributed by atoms with Gasteiger partial charge in [0.2, 0.25) is 0 Å². The molecule has 61 heavy (non-hydrogen) atoms. The number of phosphoric acid groups is 1. The molecule has 10 nitrogen and oxygen atoms in total. The summed E-state index contributed by atoms with van der Waals surface area (Å²) >= 11 is 0. The summed E-state index contributed by atoms with van der Waals surface area (Å²) in [5.74, 6) is -1.07. The van der Waals surface area contributed by atoms with E-state index in [0.29, 0.717) is 19.3 Å². The van der Waals surface area contributed by atoms with Crippen molar-refractivity contribution in [1.29, 1.82) is 0 Å². The van der Waals surface area contributed by atoms with Crippen LogP contribution >= 0.6 is 7.82 Å². The van der Waals surface area contributed by atoms with E-state index in [1.165, 1.54) is 109 Å². The van der Waals surface area contributed by atoms with Crippen molar-refractivity contribution >= 4 is 19.8 Å². The monoisotopic (exact) mass is 881 g/mol. The van der Waals surface area contributed by atoms with Crippen LogP contribution in [0.15, 0.2) is 60.8 Å². The van der Waals surface area contributed by atoms with Crippen LogP contribution in [0.5, 0.6) is 0 Å². The maximum atomic E-state index is 12.4. The van der Waals surface area contributed by atoms with Gasteiger partial charge in [-0.2, -0.15) is 0 Å². The first-order valence-electron chi connectivity index (χ1n) is 24.2. The predicted molar refractivity (Wildman–Crippen MR) is 251 cm³/mol. The van der Waals surface area contributed by atoms with E-state index in [9.17, 15) is 29.3 Å². The van der Waals surface area contributed by atoms with Gasteiger partial charge in [0.15, 0.2) is 0 Å². The van der Waals surface area contributed by atoms with Gasteiger partial charge in [0, 0.05) is 12.8 Å². The number of esters is 2. The molecule has 3 N–H and O–H groups in total. The third kappa shape index (κ3) is 44.1. The molecule has 0 aliphatic heterocycles. The molecule has 0 aliphatic rings. The SMILES string of the molecule is CC/C=C\C/C=C\C/C=C\C/C=C\C/C=C\CCCC(=O)OC(CO)COP(=O)(O)OCC(CO)OC(=O)CCCCCCCCCCCCCCCCCCCCCCC. The maximum absolute atomic E-state index is 12.4. The fourth-order valence-electron chi connectivity index (χ4n) is 6.56. The van der Waals surface area contributed by atoms with Crippen molar-refractivity contribution in [1.82, 2.24) is 0 Å². The zero-order valence-corrected chi connectivity index (χ0v) is 39.5. The smallest absolute Gasteiger partial charge is 0.457 e. The Morgan fingerprint density at radius 1 is 0.459 bits per heavy atom. The van der Waals surface area contributed by atoms with Crippen LogP contribution in [-0.4, -0.2) is 65.7 Å². The van der Waals surface area contributed by atoms with Crippen molar-refractivity contribution in [2.24, 2.45) is 0 Å². The third-order valence-corrected chi connectivity index (χ3v) is 11.2. The van der Waals surface area contributed by atoms with E-state index in [-0.39, 0.29) is 12.8 Å². The summed E-state index contributed by atoms with van der Waals surface area (Å²) in [5, 5.41) is 19.2. The normalized spacial score (nSPS) is 14.2. The summed E-state index contributed by atoms with van der Waals surface area (Å²) in [4.78, 5) is 34.6. The summed E-state index contributed by atoms with van der Waals surface area (Å²) in [7, 11) is -4.66. The number of carbonyl (C=O) groups excluding carboxylic acids is 2. The number of allylic oxidation sites excluding steroid dienone is 10. The molecule has 0 rings (SSSR count). The molecule has 0 saturated heterocycles. The molecule has 0 heterocycles. The minimum atomic E-state index is -4.66. The molecule has 0 aromatic rings. The fourth-order valence-corrected chi connectivity index (χ4v) is 7.35. The van der Waals surface area contributed by atoms with Gasteiger partial charge in [-0.1, -0.05) is 203 Å². The van der Waals surface area contributed by atoms with Crippen LogP contribution in [0.3, 0.4) is 0 Å². The molecule has 0 aliphatic carbocycles. The van der Waals surface area contributed by atoms with Crippen molar-refractivity contribution in [2.75, 3.05) is 26.4 Å². The highest BCUT2D eigenvalue weighted by atomic mass is 31.2. The lowest BCUT2D eigenvalue weighted by Gasteiger charge is -2.20. The highest BCUT2D eigenvalue weighted by Crippen LogP contribution is 2.43. The van der Waals surface area contributed by atoms with Gasteiger partial charge in [-0.3, -0.25) is 18.6 Å². The molecule has 3 atom stereocenters. The molecule has 0 amide bonds. The summed E-state index contributed by atoms with van der Waals surface area (Å²) in [6.07, 6.45) is 52.1. The van der Waals surface area contributed by atoms with Gasteiger partial charge in [0.25, 0.3) is 0 Å². The van der Waals surface area contributed by atoms with Gasteiger partial charge in [0.05, 0.1) is 26.4 Å². The molecular formula is C50H89O10P. The lowest BCUT2D eigenvalue weighted by Crippen LogP contribution is -2.28. The van der Waals surface area contributed by atoms with Crippen LogP contribution in [0.2, 0.25) is 0 Å². The van der Waals surface area contributed by atoms with Crippen molar-refractivity contribution in [3.8, 4) is 0 Å². The number of phosphoric ester groups is 1. The number of hydrogen-bond acceptors (Lipinski definition) is 9.